The van der Waals surface area contributed by atoms with Gasteiger partial charge in [-0.2, -0.15) is 0 Å². The molecule has 1 aliphatic rings. The van der Waals surface area contributed by atoms with Crippen molar-refractivity contribution in [3.8, 4) is 190 Å². The minimum atomic E-state index is 0. The number of nitrogens with two attached hydrogens (primary N) is 1. The van der Waals surface area contributed by atoms with Crippen molar-refractivity contribution in [1.82, 2.24) is 20.9 Å². The predicted octanol–water partition coefficient (Wildman–Crippen LogP) is 8.63. The third kappa shape index (κ3) is 49.9. The zero-order chi connectivity index (χ0) is 43.1. The molecule has 1 heterocycles. The van der Waals surface area contributed by atoms with Gasteiger partial charge in [-0.15, -0.1) is 6.42 Å². The van der Waals surface area contributed by atoms with Gasteiger partial charge in [-0.1, -0.05) is 32.6 Å². The largest absolute Gasteiger partial charge is 0.357 e. The van der Waals surface area contributed by atoms with Crippen molar-refractivity contribution in [2.24, 2.45) is 10.7 Å². The fourth-order valence-electron chi connectivity index (χ4n) is 2.98. The second kappa shape index (κ2) is 53.1. The first-order valence-corrected chi connectivity index (χ1v) is 18.0. The summed E-state index contributed by atoms with van der Waals surface area (Å²) in [5.41, 5.74) is 5.21. The van der Waals surface area contributed by atoms with E-state index < -0.39 is 0 Å². The zero-order valence-electron chi connectivity index (χ0n) is 34.0. The predicted molar refractivity (Wildman–Crippen MR) is 302 cm³/mol. The average Bonchev–Trinajstić information content (AvgIpc) is 3.68. The van der Waals surface area contributed by atoms with Crippen LogP contribution in [0.5, 0.6) is 0 Å². The molecular formula is C51H104N6O. The summed E-state index contributed by atoms with van der Waals surface area (Å²) in [7, 11) is 0. The Bertz CT molecular complexity index is 2400. The Hall–Kier alpha value is -8.22. The molecule has 7 nitrogen and oxygen atoms in total. The van der Waals surface area contributed by atoms with E-state index in [0.29, 0.717) is 6.41 Å². The van der Waals surface area contributed by atoms with Crippen LogP contribution in [0.1, 0.15) is 95.3 Å². The van der Waals surface area contributed by atoms with Crippen LogP contribution in [0.4, 0.5) is 0 Å². The number of nitrogens with one attached hydrogen (secondary N) is 3. The molecule has 0 saturated heterocycles. The highest BCUT2D eigenvalue weighted by Crippen LogP contribution is 2.01. The van der Waals surface area contributed by atoms with Crippen molar-refractivity contribution in [3.63, 3.8) is 0 Å². The van der Waals surface area contributed by atoms with E-state index in [1.807, 2.05) is 0 Å². The lowest BCUT2D eigenvalue weighted by atomic mass is 10.4. The summed E-state index contributed by atoms with van der Waals surface area (Å²) in [6.45, 7) is 17.9. The molecule has 1 amide bonds. The summed E-state index contributed by atoms with van der Waals surface area (Å²) in [5, 5.41) is 8.87. The van der Waals surface area contributed by atoms with Crippen molar-refractivity contribution in [2.75, 3.05) is 58.9 Å². The molecular weight excluding hydrogens is 713 g/mol. The Balaban J connectivity index is -0.0000000148. The van der Waals surface area contributed by atoms with Gasteiger partial charge in [0.25, 0.3) is 0 Å². The summed E-state index contributed by atoms with van der Waals surface area (Å²) in [4.78, 5) is 16.2. The molecule has 0 aromatic carbocycles. The van der Waals surface area contributed by atoms with E-state index in [-0.39, 0.29) is 41.4 Å². The highest BCUT2D eigenvalue weighted by atomic mass is 16.1. The van der Waals surface area contributed by atoms with Crippen LogP contribution in [0.3, 0.4) is 0 Å². The fourth-order valence-corrected chi connectivity index (χ4v) is 2.98. The second-order valence-corrected chi connectivity index (χ2v) is 9.70. The topological polar surface area (TPSA) is 94.8 Å². The molecule has 0 aliphatic carbocycles. The summed E-state index contributed by atoms with van der Waals surface area (Å²) < 4.78 is 0. The van der Waals surface area contributed by atoms with Crippen molar-refractivity contribution >= 4 is 12.2 Å². The molecule has 0 spiro atoms. The number of rotatable bonds is 12. The van der Waals surface area contributed by atoms with Crippen LogP contribution in [-0.4, -0.2) is 76.0 Å². The molecule has 0 aromatic rings. The number of carbonyl (C=O) groups is 1. The molecule has 5 N–H and O–H groups in total. The van der Waals surface area contributed by atoms with Gasteiger partial charge in [0.1, 0.15) is 0 Å². The van der Waals surface area contributed by atoms with Gasteiger partial charge in [0.15, 0.2) is 5.84 Å². The number of hydrogen-bond donors (Lipinski definition) is 4. The number of amides is 1. The van der Waals surface area contributed by atoms with E-state index in [0.717, 1.165) is 77.6 Å². The lowest BCUT2D eigenvalue weighted by Crippen LogP contribution is -2.27. The molecule has 1 aliphatic heterocycles. The normalized spacial score (nSPS) is 7.60. The number of aliphatic imine (C=N–C) groups is 1. The summed E-state index contributed by atoms with van der Waals surface area (Å²) in [6, 6.07) is 0. The fraction of sp³-hybridized carbons (Fsp3) is 0.333. The Morgan fingerprint density at radius 1 is 0.586 bits per heavy atom. The third-order valence-corrected chi connectivity index (χ3v) is 5.19. The van der Waals surface area contributed by atoms with E-state index in [4.69, 9.17) is 12.2 Å². The molecule has 7 heteroatoms. The molecule has 58 heavy (non-hydrogen) atoms. The molecule has 0 aromatic heterocycles. The van der Waals surface area contributed by atoms with Gasteiger partial charge < -0.3 is 26.6 Å². The average molecular weight is 817 g/mol. The summed E-state index contributed by atoms with van der Waals surface area (Å²) in [6.07, 6.45) is 9.01. The van der Waals surface area contributed by atoms with Crippen LogP contribution in [-0.2, 0) is 4.79 Å². The molecule has 0 atom stereocenters. The highest BCUT2D eigenvalue weighted by molar-refractivity contribution is 6.00. The standard InChI is InChI=1S/C23H14N2.C17H4.C6H14N2O.C5H14N2.29H2/c1-3-5-6-7-8-9-10-11-12-13-14-15-16-17-18-19-23-24-20-22-25(23)21-4-2;1-3-5-7-9-11-13-15-17-16-14-12-10-8-6-4-2;1-2-3-7-4-5-8-6-9;1-2-4-7-5-3-6;;;;;;;;;;;;;;;;;;;;;;;;;;;;;/h4,20-22H2,1-2H3;1H,2H3;6-7H,2-5H2,1H3,(H,8,9);7H,2-6H2,1H3;29*1H. The van der Waals surface area contributed by atoms with Crippen LogP contribution in [0, 0.1) is 190 Å². The maximum absolute atomic E-state index is 9.70. The number of terminal acetylenes is 1. The Labute approximate surface area is 393 Å². The maximum Gasteiger partial charge on any atom is 0.207 e. The van der Waals surface area contributed by atoms with E-state index in [1.165, 1.54) is 6.42 Å². The number of hydrogen-bond acceptors (Lipinski definition) is 6. The van der Waals surface area contributed by atoms with E-state index >= 15 is 0 Å². The summed E-state index contributed by atoms with van der Waals surface area (Å²) >= 11 is 0. The Morgan fingerprint density at radius 2 is 0.983 bits per heavy atom. The third-order valence-electron chi connectivity index (χ3n) is 5.19. The van der Waals surface area contributed by atoms with Gasteiger partial charge in [-0.05, 0) is 218 Å². The van der Waals surface area contributed by atoms with E-state index in [2.05, 4.69) is 230 Å². The van der Waals surface area contributed by atoms with Crippen LogP contribution in [0.2, 0.25) is 0 Å². The Kier molecular flexibility index (Phi) is 49.6. The van der Waals surface area contributed by atoms with E-state index in [9.17, 15) is 4.79 Å². The first kappa shape index (κ1) is 54.1. The van der Waals surface area contributed by atoms with Crippen molar-refractivity contribution < 1.29 is 46.2 Å². The number of amidine groups is 1. The van der Waals surface area contributed by atoms with Crippen molar-refractivity contribution in [2.45, 2.75) is 53.9 Å². The van der Waals surface area contributed by atoms with Gasteiger partial charge in [0.05, 0.1) is 6.54 Å². The van der Waals surface area contributed by atoms with Crippen molar-refractivity contribution in [3.05, 3.63) is 0 Å². The first-order valence-electron chi connectivity index (χ1n) is 18.0. The first-order chi connectivity index (χ1) is 28.6. The molecule has 344 valence electrons. The molecule has 0 radical (unpaired) electrons. The SMILES string of the molecule is C#CC#CC#CC#CC#CC#CC#CC#CC.CC#CC#CC#CC#CC#CC#CC#CC#CC1=NCCN1CCC.CCCNCCN.CCCNCCNC=O.[HH].[HH].[HH].[HH].[HH].[HH].[HH].[HH].[HH].[HH].[HH].[HH].[HH].[HH].[HH].[HH].[HH].[HH].[HH].[HH].[HH].[HH].[HH].[HH].[HH].[HH].[HH].[HH].[HH]. The summed E-state index contributed by atoms with van der Waals surface area (Å²) in [5.74, 6) is 79.4. The van der Waals surface area contributed by atoms with E-state index in [1.54, 1.807) is 13.8 Å². The molecule has 0 bridgehead atoms. The van der Waals surface area contributed by atoms with Gasteiger partial charge in [-0.3, -0.25) is 9.79 Å². The van der Waals surface area contributed by atoms with Gasteiger partial charge in [0, 0.05) is 80.6 Å². The molecule has 0 unspecified atom stereocenters. The zero-order valence-corrected chi connectivity index (χ0v) is 34.0. The lowest BCUT2D eigenvalue weighted by Gasteiger charge is -2.14. The highest BCUT2D eigenvalue weighted by Gasteiger charge is 2.12. The van der Waals surface area contributed by atoms with Gasteiger partial charge >= 0.3 is 0 Å². The van der Waals surface area contributed by atoms with Gasteiger partial charge in [-0.25, -0.2) is 0 Å². The van der Waals surface area contributed by atoms with Crippen LogP contribution in [0.15, 0.2) is 4.99 Å². The maximum atomic E-state index is 9.70. The minimum Gasteiger partial charge on any atom is -0.357 e. The van der Waals surface area contributed by atoms with Crippen molar-refractivity contribution in [1.29, 1.82) is 0 Å². The Morgan fingerprint density at radius 3 is 1.34 bits per heavy atom. The molecule has 0 fully saturated rings. The minimum absolute atomic E-state index is 0. The second-order valence-electron chi connectivity index (χ2n) is 9.70. The number of carbonyl (C=O) groups excluding carboxylic acids is 1. The lowest BCUT2D eigenvalue weighted by molar-refractivity contribution is -0.109. The molecule has 0 saturated carbocycles. The van der Waals surface area contributed by atoms with Gasteiger partial charge in [0.2, 0.25) is 6.41 Å². The quantitative estimate of drug-likeness (QED) is 0.0900. The smallest absolute Gasteiger partial charge is 0.207 e. The van der Waals surface area contributed by atoms with Crippen LogP contribution in [0.25, 0.3) is 0 Å². The van der Waals surface area contributed by atoms with Crippen LogP contribution < -0.4 is 21.7 Å². The molecule has 1 rings (SSSR count). The number of nitrogens with zero attached hydrogens (tertiary/aromatic N) is 2. The monoisotopic (exact) mass is 817 g/mol. The van der Waals surface area contributed by atoms with Crippen LogP contribution >= 0.6 is 0 Å².